The Balaban J connectivity index is 1.48. The van der Waals surface area contributed by atoms with Crippen LogP contribution in [0.3, 0.4) is 0 Å². The first-order valence-corrected chi connectivity index (χ1v) is 11.1. The van der Waals surface area contributed by atoms with Gasteiger partial charge in [0, 0.05) is 39.3 Å². The Morgan fingerprint density at radius 2 is 1.79 bits per heavy atom. The molecule has 0 N–H and O–H groups in total. The molecule has 0 radical (unpaired) electrons. The molecule has 10 heteroatoms. The number of benzene rings is 1. The zero-order valence-electron chi connectivity index (χ0n) is 19.7. The number of hydrogen-bond acceptors (Lipinski definition) is 7. The SMILES string of the molecule is COc1ccccc1OCC(=O)N1CCN(c2nc3c(C)nn(C)c3c(=O)n2C(C)C)CC1. The van der Waals surface area contributed by atoms with Gasteiger partial charge in [-0.3, -0.25) is 18.8 Å². The highest BCUT2D eigenvalue weighted by Crippen LogP contribution is 2.26. The van der Waals surface area contributed by atoms with Gasteiger partial charge < -0.3 is 19.3 Å². The minimum absolute atomic E-state index is 0.0594. The van der Waals surface area contributed by atoms with E-state index >= 15 is 0 Å². The fourth-order valence-corrected chi connectivity index (χ4v) is 4.19. The second-order valence-corrected chi connectivity index (χ2v) is 8.39. The molecule has 10 nitrogen and oxygen atoms in total. The number of anilines is 1. The molecule has 2 aromatic heterocycles. The number of methoxy groups -OCH3 is 1. The second kappa shape index (κ2) is 9.13. The van der Waals surface area contributed by atoms with Crippen molar-refractivity contribution in [2.24, 2.45) is 7.05 Å². The fourth-order valence-electron chi connectivity index (χ4n) is 4.19. The van der Waals surface area contributed by atoms with Gasteiger partial charge in [0.1, 0.15) is 5.52 Å². The average Bonchev–Trinajstić information content (AvgIpc) is 3.10. The topological polar surface area (TPSA) is 94.7 Å². The van der Waals surface area contributed by atoms with E-state index < -0.39 is 0 Å². The minimum atomic E-state index is -0.100. The van der Waals surface area contributed by atoms with Gasteiger partial charge in [0.25, 0.3) is 11.5 Å². The molecular weight excluding hydrogens is 424 g/mol. The number of aromatic nitrogens is 4. The molecule has 33 heavy (non-hydrogen) atoms. The van der Waals surface area contributed by atoms with E-state index in [4.69, 9.17) is 14.5 Å². The maximum atomic E-state index is 13.3. The molecular formula is C23H30N6O4. The zero-order chi connectivity index (χ0) is 23.7. The molecule has 0 saturated carbocycles. The zero-order valence-corrected chi connectivity index (χ0v) is 19.7. The number of carbonyl (C=O) groups is 1. The van der Waals surface area contributed by atoms with Crippen molar-refractivity contribution < 1.29 is 14.3 Å². The van der Waals surface area contributed by atoms with Crippen molar-refractivity contribution in [2.45, 2.75) is 26.8 Å². The molecule has 0 unspecified atom stereocenters. The molecule has 0 spiro atoms. The summed E-state index contributed by atoms with van der Waals surface area (Å²) in [7, 11) is 3.33. The molecule has 1 aliphatic heterocycles. The minimum Gasteiger partial charge on any atom is -0.493 e. The van der Waals surface area contributed by atoms with Crippen molar-refractivity contribution >= 4 is 22.9 Å². The average molecular weight is 455 g/mol. The van der Waals surface area contributed by atoms with Crippen molar-refractivity contribution in [3.63, 3.8) is 0 Å². The molecule has 1 aliphatic rings. The molecule has 0 bridgehead atoms. The first-order valence-electron chi connectivity index (χ1n) is 11.1. The highest BCUT2D eigenvalue weighted by atomic mass is 16.5. The van der Waals surface area contributed by atoms with Gasteiger partial charge in [-0.15, -0.1) is 0 Å². The van der Waals surface area contributed by atoms with Crippen molar-refractivity contribution in [2.75, 3.05) is 44.8 Å². The van der Waals surface area contributed by atoms with E-state index in [1.54, 1.807) is 40.4 Å². The third kappa shape index (κ3) is 4.24. The number of carbonyl (C=O) groups excluding carboxylic acids is 1. The Bertz CT molecular complexity index is 1220. The van der Waals surface area contributed by atoms with E-state index in [1.165, 1.54) is 0 Å². The number of fused-ring (bicyclic) bond motifs is 1. The molecule has 1 saturated heterocycles. The first kappa shape index (κ1) is 22.6. The smallest absolute Gasteiger partial charge is 0.281 e. The largest absolute Gasteiger partial charge is 0.493 e. The molecule has 1 amide bonds. The van der Waals surface area contributed by atoms with Crippen molar-refractivity contribution in [3.05, 3.63) is 40.3 Å². The fraction of sp³-hybridized carbons (Fsp3) is 0.478. The Morgan fingerprint density at radius 3 is 2.42 bits per heavy atom. The molecule has 1 aromatic carbocycles. The molecule has 176 valence electrons. The van der Waals surface area contributed by atoms with Gasteiger partial charge in [0.2, 0.25) is 5.95 Å². The first-order chi connectivity index (χ1) is 15.8. The summed E-state index contributed by atoms with van der Waals surface area (Å²) in [6, 6.07) is 7.19. The lowest BCUT2D eigenvalue weighted by Crippen LogP contribution is -2.51. The number of ether oxygens (including phenoxy) is 2. The highest BCUT2D eigenvalue weighted by molar-refractivity contribution is 5.79. The van der Waals surface area contributed by atoms with Crippen LogP contribution in [0.15, 0.2) is 29.1 Å². The number of piperazine rings is 1. The summed E-state index contributed by atoms with van der Waals surface area (Å²) in [4.78, 5) is 34.7. The molecule has 3 aromatic rings. The van der Waals surface area contributed by atoms with Gasteiger partial charge in [0.15, 0.2) is 23.6 Å². The van der Waals surface area contributed by atoms with E-state index in [0.717, 1.165) is 5.69 Å². The maximum absolute atomic E-state index is 13.3. The summed E-state index contributed by atoms with van der Waals surface area (Å²) in [6.45, 7) is 7.92. The summed E-state index contributed by atoms with van der Waals surface area (Å²) in [5, 5.41) is 4.38. The van der Waals surface area contributed by atoms with Gasteiger partial charge in [-0.1, -0.05) is 12.1 Å². The van der Waals surface area contributed by atoms with Crippen molar-refractivity contribution in [1.82, 2.24) is 24.2 Å². The van der Waals surface area contributed by atoms with Crippen LogP contribution in [0.1, 0.15) is 25.6 Å². The van der Waals surface area contributed by atoms with E-state index in [-0.39, 0.29) is 24.1 Å². The summed E-state index contributed by atoms with van der Waals surface area (Å²) in [5.74, 6) is 1.66. The maximum Gasteiger partial charge on any atom is 0.281 e. The molecule has 0 aliphatic carbocycles. The molecule has 4 rings (SSSR count). The van der Waals surface area contributed by atoms with Gasteiger partial charge in [-0.05, 0) is 32.9 Å². The number of nitrogens with zero attached hydrogens (tertiary/aromatic N) is 6. The van der Waals surface area contributed by atoms with Crippen LogP contribution in [0.4, 0.5) is 5.95 Å². The molecule has 3 heterocycles. The van der Waals surface area contributed by atoms with Crippen LogP contribution in [0.5, 0.6) is 11.5 Å². The predicted molar refractivity (Wildman–Crippen MR) is 125 cm³/mol. The lowest BCUT2D eigenvalue weighted by atomic mass is 10.3. The Hall–Kier alpha value is -3.56. The van der Waals surface area contributed by atoms with Crippen LogP contribution >= 0.6 is 0 Å². The third-order valence-electron chi connectivity index (χ3n) is 5.89. The summed E-state index contributed by atoms with van der Waals surface area (Å²) >= 11 is 0. The number of aryl methyl sites for hydroxylation is 2. The van der Waals surface area contributed by atoms with Crippen LogP contribution < -0.4 is 19.9 Å². The summed E-state index contributed by atoms with van der Waals surface area (Å²) < 4.78 is 14.3. The van der Waals surface area contributed by atoms with E-state index in [0.29, 0.717) is 54.7 Å². The Labute approximate surface area is 192 Å². The number of rotatable bonds is 6. The van der Waals surface area contributed by atoms with Crippen LogP contribution in [0.2, 0.25) is 0 Å². The van der Waals surface area contributed by atoms with Gasteiger partial charge in [0.05, 0.1) is 12.8 Å². The second-order valence-electron chi connectivity index (χ2n) is 8.39. The lowest BCUT2D eigenvalue weighted by molar-refractivity contribution is -0.133. The summed E-state index contributed by atoms with van der Waals surface area (Å²) in [5.41, 5.74) is 1.76. The quantitative estimate of drug-likeness (QED) is 0.560. The highest BCUT2D eigenvalue weighted by Gasteiger charge is 2.27. The molecule has 1 fully saturated rings. The molecule has 0 atom stereocenters. The summed E-state index contributed by atoms with van der Waals surface area (Å²) in [6.07, 6.45) is 0. The van der Waals surface area contributed by atoms with Crippen molar-refractivity contribution in [3.8, 4) is 11.5 Å². The van der Waals surface area contributed by atoms with Crippen LogP contribution in [0, 0.1) is 6.92 Å². The van der Waals surface area contributed by atoms with Crippen LogP contribution in [0.25, 0.3) is 11.0 Å². The van der Waals surface area contributed by atoms with Gasteiger partial charge in [-0.25, -0.2) is 4.98 Å². The van der Waals surface area contributed by atoms with E-state index in [1.807, 2.05) is 32.9 Å². The monoisotopic (exact) mass is 454 g/mol. The van der Waals surface area contributed by atoms with Crippen molar-refractivity contribution in [1.29, 1.82) is 0 Å². The predicted octanol–water partition coefficient (Wildman–Crippen LogP) is 1.76. The third-order valence-corrected chi connectivity index (χ3v) is 5.89. The number of para-hydroxylation sites is 2. The van der Waals surface area contributed by atoms with E-state index in [2.05, 4.69) is 10.00 Å². The van der Waals surface area contributed by atoms with Crippen LogP contribution in [-0.2, 0) is 11.8 Å². The van der Waals surface area contributed by atoms with Gasteiger partial charge >= 0.3 is 0 Å². The van der Waals surface area contributed by atoms with E-state index in [9.17, 15) is 9.59 Å². The van der Waals surface area contributed by atoms with Gasteiger partial charge in [-0.2, -0.15) is 5.10 Å². The van der Waals surface area contributed by atoms with Crippen LogP contribution in [-0.4, -0.2) is 70.0 Å². The number of amides is 1. The Morgan fingerprint density at radius 1 is 1.12 bits per heavy atom. The Kier molecular flexibility index (Phi) is 6.26. The normalized spacial score (nSPS) is 14.2. The number of hydrogen-bond donors (Lipinski definition) is 0. The lowest BCUT2D eigenvalue weighted by Gasteiger charge is -2.36. The standard InChI is InChI=1S/C23H30N6O4/c1-15(2)29-22(31)21-20(16(3)25-26(21)4)24-23(29)28-12-10-27(11-13-28)19(30)14-33-18-9-7-6-8-17(18)32-5/h6-9,15H,10-14H2,1-5H3.